The van der Waals surface area contributed by atoms with Crippen LogP contribution in [0, 0.1) is 18.1 Å². The summed E-state index contributed by atoms with van der Waals surface area (Å²) >= 11 is 1.53. The summed E-state index contributed by atoms with van der Waals surface area (Å²) in [6.07, 6.45) is 0. The predicted molar refractivity (Wildman–Crippen MR) is 103 cm³/mol. The smallest absolute Gasteiger partial charge is 0.159 e. The van der Waals surface area contributed by atoms with Gasteiger partial charge < -0.3 is 9.64 Å². The van der Waals surface area contributed by atoms with E-state index in [0.717, 1.165) is 40.4 Å². The monoisotopic (exact) mass is 351 g/mol. The number of carbonyl (C=O) groups excluding carboxylic acids is 1. The van der Waals surface area contributed by atoms with Gasteiger partial charge in [0, 0.05) is 29.1 Å². The normalized spacial score (nSPS) is 13.9. The lowest BCUT2D eigenvalue weighted by atomic mass is 10.1. The summed E-state index contributed by atoms with van der Waals surface area (Å²) in [7, 11) is 0. The predicted octanol–water partition coefficient (Wildman–Crippen LogP) is 4.14. The molecule has 0 radical (unpaired) electrons. The molecule has 25 heavy (non-hydrogen) atoms. The topological polar surface area (TPSA) is 29.5 Å². The minimum Gasteiger partial charge on any atom is -0.378 e. The number of rotatable bonds is 3. The van der Waals surface area contributed by atoms with E-state index in [0.29, 0.717) is 13.2 Å². The second-order valence-corrected chi connectivity index (χ2v) is 6.81. The maximum atomic E-state index is 11.9. The van der Waals surface area contributed by atoms with Crippen LogP contribution in [0.3, 0.4) is 0 Å². The molecule has 0 aliphatic carbocycles. The number of nitrogens with zero attached hydrogens (tertiary/aromatic N) is 1. The first-order valence-electron chi connectivity index (χ1n) is 8.36. The number of thioether (sulfide) groups is 1. The number of morpholine rings is 1. The Hall–Kier alpha value is -2.22. The number of ether oxygens (including phenoxy) is 1. The van der Waals surface area contributed by atoms with Gasteiger partial charge in [0.1, 0.15) is 0 Å². The van der Waals surface area contributed by atoms with Gasteiger partial charge in [0.15, 0.2) is 5.78 Å². The number of benzene rings is 2. The number of hydrogen-bond acceptors (Lipinski definition) is 4. The second-order valence-electron chi connectivity index (χ2n) is 5.99. The van der Waals surface area contributed by atoms with Crippen molar-refractivity contribution in [2.75, 3.05) is 31.2 Å². The fourth-order valence-electron chi connectivity index (χ4n) is 2.79. The minimum absolute atomic E-state index is 0.0875. The van der Waals surface area contributed by atoms with Gasteiger partial charge in [0.25, 0.3) is 0 Å². The van der Waals surface area contributed by atoms with Crippen molar-refractivity contribution in [3.05, 3.63) is 59.2 Å². The third-order valence-corrected chi connectivity index (χ3v) is 5.07. The summed E-state index contributed by atoms with van der Waals surface area (Å²) in [5.41, 5.74) is 3.92. The number of ketones is 1. The molecule has 2 aromatic rings. The van der Waals surface area contributed by atoms with Crippen molar-refractivity contribution in [3.63, 3.8) is 0 Å². The maximum Gasteiger partial charge on any atom is 0.159 e. The zero-order chi connectivity index (χ0) is 17.6. The summed E-state index contributed by atoms with van der Waals surface area (Å²) in [5, 5.41) is 3.21. The average Bonchev–Trinajstić information content (AvgIpc) is 2.64. The molecule has 1 heterocycles. The second kappa shape index (κ2) is 8.24. The molecule has 0 saturated carbocycles. The van der Waals surface area contributed by atoms with Crippen molar-refractivity contribution in [1.29, 1.82) is 0 Å². The molecule has 0 unspecified atom stereocenters. The molecule has 4 heteroatoms. The molecule has 0 aromatic heterocycles. The molecule has 0 bridgehead atoms. The molecule has 0 N–H and O–H groups in total. The summed E-state index contributed by atoms with van der Waals surface area (Å²) in [6, 6.07) is 13.9. The first-order valence-corrected chi connectivity index (χ1v) is 9.18. The highest BCUT2D eigenvalue weighted by Crippen LogP contribution is 2.35. The van der Waals surface area contributed by atoms with Crippen molar-refractivity contribution in [2.24, 2.45) is 0 Å². The van der Waals surface area contributed by atoms with Crippen LogP contribution in [0.1, 0.15) is 28.4 Å². The first-order chi connectivity index (χ1) is 12.1. The standard InChI is InChI=1S/C21H21NO2S/c1-16-14-19(17(2)23)15-20(22-9-11-24-12-10-22)21(16)25-13-8-18-6-4-3-5-7-18/h3-7,14-15H,9-12H2,1-2H3. The zero-order valence-corrected chi connectivity index (χ0v) is 15.4. The average molecular weight is 351 g/mol. The Morgan fingerprint density at radius 3 is 2.56 bits per heavy atom. The van der Waals surface area contributed by atoms with Gasteiger partial charge in [-0.3, -0.25) is 4.79 Å². The van der Waals surface area contributed by atoms with Crippen molar-refractivity contribution >= 4 is 23.2 Å². The Bertz CT molecular complexity index is 815. The Balaban J connectivity index is 1.93. The van der Waals surface area contributed by atoms with Crippen LogP contribution in [0.2, 0.25) is 0 Å². The number of hydrogen-bond donors (Lipinski definition) is 0. The van der Waals surface area contributed by atoms with E-state index in [4.69, 9.17) is 4.74 Å². The molecular weight excluding hydrogens is 330 g/mol. The van der Waals surface area contributed by atoms with Crippen LogP contribution in [0.5, 0.6) is 0 Å². The highest BCUT2D eigenvalue weighted by Gasteiger charge is 2.18. The molecule has 2 aromatic carbocycles. The number of carbonyl (C=O) groups is 1. The van der Waals surface area contributed by atoms with Gasteiger partial charge in [0.05, 0.1) is 18.9 Å². The molecule has 3 rings (SSSR count). The molecule has 0 spiro atoms. The molecule has 0 amide bonds. The minimum atomic E-state index is 0.0875. The van der Waals surface area contributed by atoms with Crippen LogP contribution < -0.4 is 4.90 Å². The van der Waals surface area contributed by atoms with Gasteiger partial charge in [-0.1, -0.05) is 24.1 Å². The van der Waals surface area contributed by atoms with Crippen LogP contribution in [-0.4, -0.2) is 32.1 Å². The molecular formula is C21H21NO2S. The largest absolute Gasteiger partial charge is 0.378 e. The van der Waals surface area contributed by atoms with Gasteiger partial charge in [-0.2, -0.15) is 0 Å². The van der Waals surface area contributed by atoms with Crippen LogP contribution in [0.15, 0.2) is 47.4 Å². The highest BCUT2D eigenvalue weighted by atomic mass is 32.2. The van der Waals surface area contributed by atoms with Crippen LogP contribution >= 0.6 is 11.8 Å². The van der Waals surface area contributed by atoms with Crippen LogP contribution in [0.25, 0.3) is 0 Å². The fourth-order valence-corrected chi connectivity index (χ4v) is 3.57. The van der Waals surface area contributed by atoms with E-state index in [1.807, 2.05) is 49.4 Å². The third kappa shape index (κ3) is 4.45. The van der Waals surface area contributed by atoms with Crippen molar-refractivity contribution in [1.82, 2.24) is 0 Å². The molecule has 1 fully saturated rings. The Morgan fingerprint density at radius 2 is 1.88 bits per heavy atom. The first kappa shape index (κ1) is 17.6. The quantitative estimate of drug-likeness (QED) is 0.472. The highest BCUT2D eigenvalue weighted by molar-refractivity contribution is 8.04. The van der Waals surface area contributed by atoms with E-state index in [-0.39, 0.29) is 5.78 Å². The maximum absolute atomic E-state index is 11.9. The molecule has 1 saturated heterocycles. The van der Waals surface area contributed by atoms with Crippen molar-refractivity contribution < 1.29 is 9.53 Å². The number of anilines is 1. The van der Waals surface area contributed by atoms with Crippen LogP contribution in [-0.2, 0) is 4.74 Å². The van der Waals surface area contributed by atoms with E-state index in [2.05, 4.69) is 16.1 Å². The van der Waals surface area contributed by atoms with Gasteiger partial charge in [-0.15, -0.1) is 0 Å². The van der Waals surface area contributed by atoms with E-state index >= 15 is 0 Å². The van der Waals surface area contributed by atoms with E-state index in [1.54, 1.807) is 6.92 Å². The lowest BCUT2D eigenvalue weighted by molar-refractivity contribution is 0.101. The van der Waals surface area contributed by atoms with E-state index in [1.165, 1.54) is 11.8 Å². The number of Topliss-reactive ketones (excluding diaryl/α,β-unsaturated/α-hetero) is 1. The number of aryl methyl sites for hydroxylation is 1. The van der Waals surface area contributed by atoms with E-state index in [9.17, 15) is 4.79 Å². The Kier molecular flexibility index (Phi) is 5.80. The lowest BCUT2D eigenvalue weighted by Crippen LogP contribution is -2.36. The van der Waals surface area contributed by atoms with E-state index < -0.39 is 0 Å². The SMILES string of the molecule is CC(=O)c1cc(C)c(SC#Cc2ccccc2)c(N2CCOCC2)c1. The summed E-state index contributed by atoms with van der Waals surface area (Å²) in [6.45, 7) is 6.75. The molecule has 0 atom stereocenters. The molecule has 1 aliphatic rings. The summed E-state index contributed by atoms with van der Waals surface area (Å²) in [4.78, 5) is 15.3. The van der Waals surface area contributed by atoms with Gasteiger partial charge in [0.2, 0.25) is 0 Å². The third-order valence-electron chi connectivity index (χ3n) is 4.14. The van der Waals surface area contributed by atoms with Crippen molar-refractivity contribution in [2.45, 2.75) is 18.7 Å². The van der Waals surface area contributed by atoms with Gasteiger partial charge >= 0.3 is 0 Å². The lowest BCUT2D eigenvalue weighted by Gasteiger charge is -2.31. The van der Waals surface area contributed by atoms with Gasteiger partial charge in [-0.25, -0.2) is 0 Å². The summed E-state index contributed by atoms with van der Waals surface area (Å²) in [5.74, 6) is 3.28. The van der Waals surface area contributed by atoms with Crippen LogP contribution in [0.4, 0.5) is 5.69 Å². The molecule has 3 nitrogen and oxygen atoms in total. The Labute approximate surface area is 153 Å². The molecule has 128 valence electrons. The summed E-state index contributed by atoms with van der Waals surface area (Å²) < 4.78 is 5.46. The van der Waals surface area contributed by atoms with Crippen molar-refractivity contribution in [3.8, 4) is 11.2 Å². The van der Waals surface area contributed by atoms with Gasteiger partial charge in [-0.05, 0) is 60.7 Å². The fraction of sp³-hybridized carbons (Fsp3) is 0.286. The zero-order valence-electron chi connectivity index (χ0n) is 14.5. The molecule has 1 aliphatic heterocycles. The Morgan fingerprint density at radius 1 is 1.16 bits per heavy atom.